The van der Waals surface area contributed by atoms with E-state index in [1.54, 1.807) is 18.2 Å². The summed E-state index contributed by atoms with van der Waals surface area (Å²) in [5, 5.41) is 0. The van der Waals surface area contributed by atoms with Crippen LogP contribution in [0.15, 0.2) is 47.5 Å². The fourth-order valence-electron chi connectivity index (χ4n) is 1.53. The van der Waals surface area contributed by atoms with Gasteiger partial charge in [0.2, 0.25) is 0 Å². The average Bonchev–Trinajstić information content (AvgIpc) is 2.78. The molecule has 0 spiro atoms. The van der Waals surface area contributed by atoms with Crippen molar-refractivity contribution in [1.82, 2.24) is 4.98 Å². The molecule has 0 aliphatic heterocycles. The average molecular weight is 275 g/mol. The summed E-state index contributed by atoms with van der Waals surface area (Å²) >= 11 is 0. The molecular formula is C11H8F3NO2S. The quantitative estimate of drug-likeness (QED) is 0.916. The van der Waals surface area contributed by atoms with Crippen molar-refractivity contribution >= 4 is 9.84 Å². The topological polar surface area (TPSA) is 49.9 Å². The Hall–Kier alpha value is -1.76. The molecule has 1 aromatic carbocycles. The summed E-state index contributed by atoms with van der Waals surface area (Å²) in [4.78, 5) is 1.76. The molecule has 0 aliphatic rings. The van der Waals surface area contributed by atoms with Crippen molar-refractivity contribution < 1.29 is 21.6 Å². The molecule has 96 valence electrons. The van der Waals surface area contributed by atoms with E-state index in [2.05, 4.69) is 4.98 Å². The maximum atomic E-state index is 12.5. The highest BCUT2D eigenvalue weighted by molar-refractivity contribution is 7.92. The van der Waals surface area contributed by atoms with Gasteiger partial charge < -0.3 is 4.98 Å². The normalized spacial score (nSPS) is 12.6. The lowest BCUT2D eigenvalue weighted by Crippen LogP contribution is -2.23. The predicted molar refractivity (Wildman–Crippen MR) is 59.5 cm³/mol. The van der Waals surface area contributed by atoms with Gasteiger partial charge in [0.25, 0.3) is 9.84 Å². The van der Waals surface area contributed by atoms with E-state index in [0.717, 1.165) is 6.07 Å². The SMILES string of the molecule is O=S(=O)(c1cc[nH]c1-c1ccccc1)C(F)(F)F. The van der Waals surface area contributed by atoms with Crippen LogP contribution in [0.5, 0.6) is 0 Å². The first-order valence-corrected chi connectivity index (χ1v) is 6.36. The van der Waals surface area contributed by atoms with Crippen LogP contribution in [-0.4, -0.2) is 18.9 Å². The molecule has 0 aliphatic carbocycles. The molecule has 0 saturated carbocycles. The second kappa shape index (κ2) is 4.16. The van der Waals surface area contributed by atoms with E-state index in [9.17, 15) is 21.6 Å². The van der Waals surface area contributed by atoms with Crippen LogP contribution in [0.25, 0.3) is 11.3 Å². The third kappa shape index (κ3) is 2.01. The highest BCUT2D eigenvalue weighted by atomic mass is 32.2. The number of aromatic amines is 1. The third-order valence-corrected chi connectivity index (χ3v) is 3.89. The molecule has 0 saturated heterocycles. The number of hydrogen-bond donors (Lipinski definition) is 1. The lowest BCUT2D eigenvalue weighted by molar-refractivity contribution is -0.0435. The third-order valence-electron chi connectivity index (χ3n) is 2.37. The Bertz CT molecular complexity index is 644. The molecule has 0 radical (unpaired) electrons. The molecular weight excluding hydrogens is 267 g/mol. The number of nitrogens with one attached hydrogen (secondary N) is 1. The van der Waals surface area contributed by atoms with Crippen LogP contribution in [-0.2, 0) is 9.84 Å². The highest BCUT2D eigenvalue weighted by Crippen LogP contribution is 2.35. The molecule has 1 aromatic heterocycles. The number of aromatic nitrogens is 1. The zero-order chi connectivity index (χ0) is 13.4. The van der Waals surface area contributed by atoms with Crippen molar-refractivity contribution in [3.63, 3.8) is 0 Å². The molecule has 2 rings (SSSR count). The molecule has 7 heteroatoms. The Balaban J connectivity index is 2.61. The Kier molecular flexibility index (Phi) is 2.94. The van der Waals surface area contributed by atoms with Crippen molar-refractivity contribution in [2.24, 2.45) is 0 Å². The molecule has 2 aromatic rings. The smallest absolute Gasteiger partial charge is 0.360 e. The zero-order valence-electron chi connectivity index (χ0n) is 8.90. The Morgan fingerprint density at radius 1 is 1.00 bits per heavy atom. The Labute approximate surface area is 101 Å². The van der Waals surface area contributed by atoms with Gasteiger partial charge in [-0.3, -0.25) is 0 Å². The summed E-state index contributed by atoms with van der Waals surface area (Å²) in [6.45, 7) is 0. The first kappa shape index (κ1) is 12.7. The van der Waals surface area contributed by atoms with Gasteiger partial charge in [-0.25, -0.2) is 8.42 Å². The number of benzene rings is 1. The Morgan fingerprint density at radius 2 is 1.61 bits per heavy atom. The molecule has 0 fully saturated rings. The molecule has 3 nitrogen and oxygen atoms in total. The number of alkyl halides is 3. The number of H-pyrrole nitrogens is 1. The van der Waals surface area contributed by atoms with Gasteiger partial charge in [0, 0.05) is 6.20 Å². The van der Waals surface area contributed by atoms with E-state index in [0.29, 0.717) is 5.56 Å². The van der Waals surface area contributed by atoms with E-state index in [-0.39, 0.29) is 5.69 Å². The summed E-state index contributed by atoms with van der Waals surface area (Å²) in [5.74, 6) is 0. The van der Waals surface area contributed by atoms with Gasteiger partial charge >= 0.3 is 5.51 Å². The van der Waals surface area contributed by atoms with Gasteiger partial charge in [-0.1, -0.05) is 30.3 Å². The zero-order valence-corrected chi connectivity index (χ0v) is 9.72. The maximum absolute atomic E-state index is 12.5. The fourth-order valence-corrected chi connectivity index (χ4v) is 2.48. The molecule has 1 N–H and O–H groups in total. The maximum Gasteiger partial charge on any atom is 0.501 e. The van der Waals surface area contributed by atoms with Crippen LogP contribution in [0, 0.1) is 0 Å². The van der Waals surface area contributed by atoms with E-state index >= 15 is 0 Å². The molecule has 0 bridgehead atoms. The minimum absolute atomic E-state index is 0.0621. The van der Waals surface area contributed by atoms with E-state index < -0.39 is 20.2 Å². The summed E-state index contributed by atoms with van der Waals surface area (Å²) in [7, 11) is -5.34. The number of rotatable bonds is 2. The minimum atomic E-state index is -5.34. The monoisotopic (exact) mass is 275 g/mol. The highest BCUT2D eigenvalue weighted by Gasteiger charge is 2.48. The van der Waals surface area contributed by atoms with Crippen molar-refractivity contribution in [3.8, 4) is 11.3 Å². The van der Waals surface area contributed by atoms with Crippen molar-refractivity contribution in [2.75, 3.05) is 0 Å². The minimum Gasteiger partial charge on any atom is -0.360 e. The second-order valence-electron chi connectivity index (χ2n) is 3.53. The largest absolute Gasteiger partial charge is 0.501 e. The standard InChI is InChI=1S/C11H8F3NO2S/c12-11(13,14)18(16,17)9-6-7-15-10(9)8-4-2-1-3-5-8/h1-7,15H. The van der Waals surface area contributed by atoms with Crippen LogP contribution in [0.3, 0.4) is 0 Å². The first-order chi connectivity index (χ1) is 8.34. The summed E-state index contributed by atoms with van der Waals surface area (Å²) in [6.07, 6.45) is 1.17. The van der Waals surface area contributed by atoms with E-state index in [4.69, 9.17) is 0 Å². The molecule has 18 heavy (non-hydrogen) atoms. The lowest BCUT2D eigenvalue weighted by atomic mass is 10.2. The molecule has 0 unspecified atom stereocenters. The van der Waals surface area contributed by atoms with Gasteiger partial charge in [0.1, 0.15) is 4.90 Å². The number of hydrogen-bond acceptors (Lipinski definition) is 2. The van der Waals surface area contributed by atoms with E-state index in [1.807, 2.05) is 0 Å². The molecule has 1 heterocycles. The summed E-state index contributed by atoms with van der Waals surface area (Å²) in [5.41, 5.74) is -4.99. The second-order valence-corrected chi connectivity index (χ2v) is 5.44. The van der Waals surface area contributed by atoms with Crippen LogP contribution >= 0.6 is 0 Å². The van der Waals surface area contributed by atoms with Gasteiger partial charge in [-0.2, -0.15) is 13.2 Å². The van der Waals surface area contributed by atoms with Crippen LogP contribution in [0.2, 0.25) is 0 Å². The van der Waals surface area contributed by atoms with Crippen molar-refractivity contribution in [2.45, 2.75) is 10.4 Å². The van der Waals surface area contributed by atoms with Crippen LogP contribution in [0.4, 0.5) is 13.2 Å². The van der Waals surface area contributed by atoms with E-state index in [1.165, 1.54) is 18.3 Å². The van der Waals surface area contributed by atoms with Crippen LogP contribution < -0.4 is 0 Å². The van der Waals surface area contributed by atoms with Gasteiger partial charge in [0.15, 0.2) is 0 Å². The predicted octanol–water partition coefficient (Wildman–Crippen LogP) is 2.98. The van der Waals surface area contributed by atoms with Crippen LogP contribution in [0.1, 0.15) is 0 Å². The summed E-state index contributed by atoms with van der Waals surface area (Å²) < 4.78 is 60.2. The molecule has 0 amide bonds. The van der Waals surface area contributed by atoms with Crippen molar-refractivity contribution in [1.29, 1.82) is 0 Å². The van der Waals surface area contributed by atoms with Gasteiger partial charge in [-0.05, 0) is 11.6 Å². The molecule has 0 atom stereocenters. The first-order valence-electron chi connectivity index (χ1n) is 4.88. The van der Waals surface area contributed by atoms with Gasteiger partial charge in [-0.15, -0.1) is 0 Å². The Morgan fingerprint density at radius 3 is 2.17 bits per heavy atom. The summed E-state index contributed by atoms with van der Waals surface area (Å²) in [6, 6.07) is 8.87. The lowest BCUT2D eigenvalue weighted by Gasteiger charge is -2.08. The van der Waals surface area contributed by atoms with Crippen molar-refractivity contribution in [3.05, 3.63) is 42.6 Å². The number of sulfone groups is 1. The fraction of sp³-hybridized carbons (Fsp3) is 0.0909. The number of halogens is 3. The van der Waals surface area contributed by atoms with Gasteiger partial charge in [0.05, 0.1) is 5.69 Å².